The lowest BCUT2D eigenvalue weighted by atomic mass is 9.85. The van der Waals surface area contributed by atoms with Crippen LogP contribution in [0.25, 0.3) is 11.0 Å². The van der Waals surface area contributed by atoms with Gasteiger partial charge < -0.3 is 9.73 Å². The van der Waals surface area contributed by atoms with Crippen LogP contribution in [0.3, 0.4) is 0 Å². The Morgan fingerprint density at radius 1 is 1.20 bits per heavy atom. The van der Waals surface area contributed by atoms with Gasteiger partial charge in [0.05, 0.1) is 11.1 Å². The van der Waals surface area contributed by atoms with E-state index in [0.717, 1.165) is 24.1 Å². The van der Waals surface area contributed by atoms with Crippen LogP contribution < -0.4 is 5.32 Å². The quantitative estimate of drug-likeness (QED) is 0.768. The van der Waals surface area contributed by atoms with E-state index in [4.69, 9.17) is 27.6 Å². The molecule has 0 bridgehead atoms. The zero-order valence-corrected chi connectivity index (χ0v) is 13.9. The van der Waals surface area contributed by atoms with Crippen molar-refractivity contribution < 1.29 is 4.42 Å². The van der Waals surface area contributed by atoms with Crippen LogP contribution >= 0.6 is 23.2 Å². The van der Waals surface area contributed by atoms with Crippen LogP contribution in [-0.2, 0) is 0 Å². The molecular formula is C16H21Cl2NO. The number of fused-ring (bicyclic) bond motifs is 1. The third-order valence-electron chi connectivity index (χ3n) is 3.30. The lowest BCUT2D eigenvalue weighted by molar-refractivity contribution is 0.242. The van der Waals surface area contributed by atoms with Gasteiger partial charge >= 0.3 is 0 Å². The standard InChI is InChI=1S/C16H21Cl2NO/c1-5-6-19-15(16(2,3)4)13-8-10-7-11(17)9-12(18)14(10)20-13/h7-9,15,19H,5-6H2,1-4H3. The zero-order valence-electron chi connectivity index (χ0n) is 12.4. The first-order valence-corrected chi connectivity index (χ1v) is 7.70. The van der Waals surface area contributed by atoms with E-state index in [1.54, 1.807) is 6.07 Å². The minimum absolute atomic E-state index is 0.0549. The molecule has 20 heavy (non-hydrogen) atoms. The number of rotatable bonds is 4. The molecule has 1 aromatic heterocycles. The second-order valence-electron chi connectivity index (χ2n) is 6.21. The highest BCUT2D eigenvalue weighted by Crippen LogP contribution is 2.38. The van der Waals surface area contributed by atoms with Crippen molar-refractivity contribution in [2.24, 2.45) is 5.41 Å². The first-order chi connectivity index (χ1) is 9.32. The van der Waals surface area contributed by atoms with Gasteiger partial charge in [-0.1, -0.05) is 50.9 Å². The number of furan rings is 1. The molecule has 1 heterocycles. The van der Waals surface area contributed by atoms with Crippen molar-refractivity contribution in [3.8, 4) is 0 Å². The van der Waals surface area contributed by atoms with Crippen LogP contribution in [-0.4, -0.2) is 6.54 Å². The van der Waals surface area contributed by atoms with Crippen molar-refractivity contribution in [1.82, 2.24) is 5.32 Å². The van der Waals surface area contributed by atoms with E-state index in [1.807, 2.05) is 12.1 Å². The van der Waals surface area contributed by atoms with E-state index < -0.39 is 0 Å². The highest BCUT2D eigenvalue weighted by Gasteiger charge is 2.29. The normalized spacial score (nSPS) is 13.9. The first kappa shape index (κ1) is 15.7. The third-order valence-corrected chi connectivity index (χ3v) is 3.80. The van der Waals surface area contributed by atoms with E-state index in [1.165, 1.54) is 0 Å². The van der Waals surface area contributed by atoms with E-state index in [9.17, 15) is 0 Å². The van der Waals surface area contributed by atoms with Gasteiger partial charge in [-0.2, -0.15) is 0 Å². The minimum atomic E-state index is 0.0549. The maximum absolute atomic E-state index is 6.20. The van der Waals surface area contributed by atoms with Gasteiger partial charge in [0.1, 0.15) is 5.76 Å². The van der Waals surface area contributed by atoms with Gasteiger partial charge in [-0.05, 0) is 36.6 Å². The lowest BCUT2D eigenvalue weighted by Gasteiger charge is -2.30. The Morgan fingerprint density at radius 2 is 1.90 bits per heavy atom. The summed E-state index contributed by atoms with van der Waals surface area (Å²) < 4.78 is 5.99. The summed E-state index contributed by atoms with van der Waals surface area (Å²) in [4.78, 5) is 0. The molecule has 0 radical (unpaired) electrons. The summed E-state index contributed by atoms with van der Waals surface area (Å²) in [5.41, 5.74) is 0.762. The zero-order chi connectivity index (χ0) is 14.9. The molecule has 0 spiro atoms. The Balaban J connectivity index is 2.46. The van der Waals surface area contributed by atoms with Gasteiger partial charge in [0.25, 0.3) is 0 Å². The summed E-state index contributed by atoms with van der Waals surface area (Å²) in [6.45, 7) is 9.70. The van der Waals surface area contributed by atoms with Crippen LogP contribution in [0.1, 0.15) is 45.9 Å². The summed E-state index contributed by atoms with van der Waals surface area (Å²) in [6.07, 6.45) is 1.08. The maximum Gasteiger partial charge on any atom is 0.153 e. The van der Waals surface area contributed by atoms with Crippen LogP contribution in [0.2, 0.25) is 10.0 Å². The summed E-state index contributed by atoms with van der Waals surface area (Å²) >= 11 is 12.2. The Kier molecular flexibility index (Phi) is 4.68. The Hall–Kier alpha value is -0.700. The molecule has 4 heteroatoms. The average Bonchev–Trinajstić information content (AvgIpc) is 2.71. The van der Waals surface area contributed by atoms with Gasteiger partial charge in [-0.15, -0.1) is 0 Å². The van der Waals surface area contributed by atoms with Gasteiger partial charge in [0.2, 0.25) is 0 Å². The van der Waals surface area contributed by atoms with E-state index >= 15 is 0 Å². The van der Waals surface area contributed by atoms with Crippen LogP contribution in [0.5, 0.6) is 0 Å². The summed E-state index contributed by atoms with van der Waals surface area (Å²) in [7, 11) is 0. The van der Waals surface area contributed by atoms with Crippen molar-refractivity contribution in [3.63, 3.8) is 0 Å². The predicted molar refractivity (Wildman–Crippen MR) is 86.7 cm³/mol. The Bertz CT molecular complexity index is 598. The summed E-state index contributed by atoms with van der Waals surface area (Å²) in [5.74, 6) is 0.908. The monoisotopic (exact) mass is 313 g/mol. The molecule has 1 N–H and O–H groups in total. The molecule has 0 aliphatic carbocycles. The molecule has 0 fully saturated rings. The van der Waals surface area contributed by atoms with Crippen LogP contribution in [0, 0.1) is 5.41 Å². The molecular weight excluding hydrogens is 293 g/mol. The van der Waals surface area contributed by atoms with Crippen molar-refractivity contribution >= 4 is 34.2 Å². The number of nitrogens with one attached hydrogen (secondary N) is 1. The molecule has 1 atom stereocenters. The molecule has 2 rings (SSSR count). The molecule has 0 saturated carbocycles. The molecule has 1 aromatic carbocycles. The second kappa shape index (κ2) is 5.97. The molecule has 0 aliphatic heterocycles. The lowest BCUT2D eigenvalue weighted by Crippen LogP contribution is -2.32. The van der Waals surface area contributed by atoms with Gasteiger partial charge in [-0.3, -0.25) is 0 Å². The van der Waals surface area contributed by atoms with Crippen molar-refractivity contribution in [1.29, 1.82) is 0 Å². The molecule has 110 valence electrons. The molecule has 2 nitrogen and oxygen atoms in total. The number of hydrogen-bond acceptors (Lipinski definition) is 2. The first-order valence-electron chi connectivity index (χ1n) is 6.94. The van der Waals surface area contributed by atoms with Crippen LogP contribution in [0.15, 0.2) is 22.6 Å². The predicted octanol–water partition coefficient (Wildman–Crippen LogP) is 5.83. The fraction of sp³-hybridized carbons (Fsp3) is 0.500. The van der Waals surface area contributed by atoms with Crippen molar-refractivity contribution in [2.75, 3.05) is 6.54 Å². The Morgan fingerprint density at radius 3 is 2.50 bits per heavy atom. The SMILES string of the molecule is CCCNC(c1cc2cc(Cl)cc(Cl)c2o1)C(C)(C)C. The van der Waals surface area contributed by atoms with Gasteiger partial charge in [-0.25, -0.2) is 0 Å². The van der Waals surface area contributed by atoms with E-state index in [2.05, 4.69) is 33.0 Å². The number of hydrogen-bond donors (Lipinski definition) is 1. The summed E-state index contributed by atoms with van der Waals surface area (Å²) in [5, 5.41) is 5.69. The molecule has 1 unspecified atom stereocenters. The van der Waals surface area contributed by atoms with Crippen LogP contribution in [0.4, 0.5) is 0 Å². The number of halogens is 2. The second-order valence-corrected chi connectivity index (χ2v) is 7.05. The van der Waals surface area contributed by atoms with Crippen molar-refractivity contribution in [3.05, 3.63) is 34.0 Å². The smallest absolute Gasteiger partial charge is 0.153 e. The molecule has 0 aliphatic rings. The highest BCUT2D eigenvalue weighted by molar-refractivity contribution is 6.38. The minimum Gasteiger partial charge on any atom is -0.458 e. The molecule has 0 saturated heterocycles. The van der Waals surface area contributed by atoms with E-state index in [0.29, 0.717) is 15.6 Å². The largest absolute Gasteiger partial charge is 0.458 e. The fourth-order valence-electron chi connectivity index (χ4n) is 2.36. The Labute approximate surface area is 130 Å². The fourth-order valence-corrected chi connectivity index (χ4v) is 2.91. The van der Waals surface area contributed by atoms with E-state index in [-0.39, 0.29) is 11.5 Å². The third kappa shape index (κ3) is 3.30. The summed E-state index contributed by atoms with van der Waals surface area (Å²) in [6, 6.07) is 5.77. The average molecular weight is 314 g/mol. The van der Waals surface area contributed by atoms with Gasteiger partial charge in [0, 0.05) is 10.4 Å². The van der Waals surface area contributed by atoms with Gasteiger partial charge in [0.15, 0.2) is 5.58 Å². The molecule has 0 amide bonds. The topological polar surface area (TPSA) is 25.2 Å². The maximum atomic E-state index is 6.20. The molecule has 2 aromatic rings. The number of benzene rings is 1. The van der Waals surface area contributed by atoms with Crippen molar-refractivity contribution in [2.45, 2.75) is 40.2 Å². The highest BCUT2D eigenvalue weighted by atomic mass is 35.5.